The molecular weight excluding hydrogens is 152 g/mol. The Morgan fingerprint density at radius 2 is 2.08 bits per heavy atom. The Morgan fingerprint density at radius 3 is 2.83 bits per heavy atom. The summed E-state index contributed by atoms with van der Waals surface area (Å²) in [7, 11) is 0. The van der Waals surface area contributed by atoms with Gasteiger partial charge in [0, 0.05) is 6.42 Å². The van der Waals surface area contributed by atoms with Crippen molar-refractivity contribution in [1.29, 1.82) is 0 Å². The van der Waals surface area contributed by atoms with Gasteiger partial charge in [0.2, 0.25) is 0 Å². The normalized spacial score (nSPS) is 20.6. The Bertz CT molecular complexity index is 270. The summed E-state index contributed by atoms with van der Waals surface area (Å²) in [5.74, 6) is 1.68. The van der Waals surface area contributed by atoms with E-state index < -0.39 is 0 Å². The van der Waals surface area contributed by atoms with Crippen LogP contribution in [0.2, 0.25) is 0 Å². The molecular formula is C10H11O2. The molecule has 0 aliphatic carbocycles. The molecule has 63 valence electrons. The molecule has 2 nitrogen and oxygen atoms in total. The molecule has 0 amide bonds. The molecule has 1 aromatic rings. The lowest BCUT2D eigenvalue weighted by atomic mass is 10.2. The van der Waals surface area contributed by atoms with Gasteiger partial charge in [-0.2, -0.15) is 0 Å². The van der Waals surface area contributed by atoms with Crippen molar-refractivity contribution in [2.45, 2.75) is 13.0 Å². The number of rotatable bonds is 1. The summed E-state index contributed by atoms with van der Waals surface area (Å²) in [5, 5.41) is 0. The molecule has 0 fully saturated rings. The minimum atomic E-state index is 0.0971. The molecule has 1 aliphatic heterocycles. The Morgan fingerprint density at radius 1 is 1.33 bits per heavy atom. The van der Waals surface area contributed by atoms with E-state index in [0.29, 0.717) is 6.61 Å². The summed E-state index contributed by atoms with van der Waals surface area (Å²) < 4.78 is 11.1. The van der Waals surface area contributed by atoms with Crippen LogP contribution >= 0.6 is 0 Å². The van der Waals surface area contributed by atoms with Gasteiger partial charge in [-0.15, -0.1) is 0 Å². The highest BCUT2D eigenvalue weighted by molar-refractivity contribution is 5.40. The molecule has 0 saturated heterocycles. The number of hydrogen-bond donors (Lipinski definition) is 0. The topological polar surface area (TPSA) is 18.5 Å². The molecule has 2 heteroatoms. The van der Waals surface area contributed by atoms with E-state index in [1.165, 1.54) is 0 Å². The third-order valence-electron chi connectivity index (χ3n) is 1.90. The van der Waals surface area contributed by atoms with Crippen molar-refractivity contribution < 1.29 is 9.47 Å². The van der Waals surface area contributed by atoms with Crippen LogP contribution in [0.4, 0.5) is 0 Å². The molecule has 1 heterocycles. The van der Waals surface area contributed by atoms with E-state index in [2.05, 4.69) is 0 Å². The maximum Gasteiger partial charge on any atom is 0.161 e. The zero-order chi connectivity index (χ0) is 8.39. The second-order valence-corrected chi connectivity index (χ2v) is 2.75. The van der Waals surface area contributed by atoms with Crippen molar-refractivity contribution in [2.24, 2.45) is 0 Å². The fourth-order valence-corrected chi connectivity index (χ4v) is 1.20. The number of fused-ring (bicyclic) bond motifs is 1. The number of hydrogen-bond acceptors (Lipinski definition) is 2. The van der Waals surface area contributed by atoms with Gasteiger partial charge in [0.15, 0.2) is 11.5 Å². The lowest BCUT2D eigenvalue weighted by molar-refractivity contribution is 0.113. The molecule has 1 unspecified atom stereocenters. The molecule has 0 aromatic heterocycles. The van der Waals surface area contributed by atoms with Crippen molar-refractivity contribution >= 4 is 0 Å². The average molecular weight is 163 g/mol. The second kappa shape index (κ2) is 3.05. The van der Waals surface area contributed by atoms with Crippen LogP contribution in [0.1, 0.15) is 6.92 Å². The van der Waals surface area contributed by atoms with E-state index in [1.54, 1.807) is 0 Å². The number of ether oxygens (including phenoxy) is 2. The lowest BCUT2D eigenvalue weighted by Crippen LogP contribution is -2.28. The quantitative estimate of drug-likeness (QED) is 0.630. The molecule has 0 spiro atoms. The number of para-hydroxylation sites is 2. The molecule has 2 rings (SSSR count). The summed E-state index contributed by atoms with van der Waals surface area (Å²) in [6.45, 7) is 2.59. The van der Waals surface area contributed by atoms with Crippen molar-refractivity contribution in [3.05, 3.63) is 30.7 Å². The summed E-state index contributed by atoms with van der Waals surface area (Å²) >= 11 is 0. The van der Waals surface area contributed by atoms with Crippen molar-refractivity contribution in [2.75, 3.05) is 6.61 Å². The van der Waals surface area contributed by atoms with Crippen LogP contribution in [0.5, 0.6) is 11.5 Å². The molecule has 0 saturated carbocycles. The van der Waals surface area contributed by atoms with E-state index in [-0.39, 0.29) is 6.10 Å². The zero-order valence-electron chi connectivity index (χ0n) is 6.99. The number of benzene rings is 1. The monoisotopic (exact) mass is 163 g/mol. The molecule has 1 aliphatic rings. The van der Waals surface area contributed by atoms with E-state index in [9.17, 15) is 0 Å². The highest BCUT2D eigenvalue weighted by Gasteiger charge is 2.18. The van der Waals surface area contributed by atoms with E-state index in [0.717, 1.165) is 11.5 Å². The first kappa shape index (κ1) is 7.47. The average Bonchev–Trinajstić information content (AvgIpc) is 2.17. The Hall–Kier alpha value is -1.18. The second-order valence-electron chi connectivity index (χ2n) is 2.75. The highest BCUT2D eigenvalue weighted by atomic mass is 16.6. The lowest BCUT2D eigenvalue weighted by Gasteiger charge is -2.25. The maximum atomic E-state index is 5.60. The minimum Gasteiger partial charge on any atom is -0.486 e. The van der Waals surface area contributed by atoms with E-state index in [1.807, 2.05) is 37.6 Å². The van der Waals surface area contributed by atoms with Gasteiger partial charge in [-0.05, 0) is 12.1 Å². The first-order chi connectivity index (χ1) is 5.90. The third kappa shape index (κ3) is 1.24. The van der Waals surface area contributed by atoms with Gasteiger partial charge in [0.05, 0.1) is 0 Å². The fraction of sp³-hybridized carbons (Fsp3) is 0.300. The predicted molar refractivity (Wildman–Crippen MR) is 46.3 cm³/mol. The van der Waals surface area contributed by atoms with Crippen LogP contribution < -0.4 is 9.47 Å². The smallest absolute Gasteiger partial charge is 0.161 e. The van der Waals surface area contributed by atoms with Gasteiger partial charge in [-0.3, -0.25) is 0 Å². The summed E-state index contributed by atoms with van der Waals surface area (Å²) in [6, 6.07) is 7.73. The van der Waals surface area contributed by atoms with Crippen molar-refractivity contribution in [3.8, 4) is 11.5 Å². The first-order valence-corrected chi connectivity index (χ1v) is 4.08. The van der Waals surface area contributed by atoms with Crippen molar-refractivity contribution in [3.63, 3.8) is 0 Å². The van der Waals surface area contributed by atoms with Crippen LogP contribution in [0, 0.1) is 6.42 Å². The van der Waals surface area contributed by atoms with Gasteiger partial charge in [0.1, 0.15) is 12.7 Å². The van der Waals surface area contributed by atoms with E-state index in [4.69, 9.17) is 9.47 Å². The highest BCUT2D eigenvalue weighted by Crippen LogP contribution is 2.31. The fourth-order valence-electron chi connectivity index (χ4n) is 1.20. The third-order valence-corrected chi connectivity index (χ3v) is 1.90. The van der Waals surface area contributed by atoms with Crippen LogP contribution in [0.3, 0.4) is 0 Å². The van der Waals surface area contributed by atoms with Crippen LogP contribution in [-0.2, 0) is 0 Å². The Labute approximate surface area is 72.1 Å². The molecule has 12 heavy (non-hydrogen) atoms. The summed E-state index contributed by atoms with van der Waals surface area (Å²) in [6.07, 6.45) is 2.09. The Kier molecular flexibility index (Phi) is 1.90. The summed E-state index contributed by atoms with van der Waals surface area (Å²) in [5.41, 5.74) is 0. The van der Waals surface area contributed by atoms with Gasteiger partial charge in [-0.25, -0.2) is 0 Å². The van der Waals surface area contributed by atoms with Crippen LogP contribution in [-0.4, -0.2) is 12.7 Å². The molecule has 0 bridgehead atoms. The molecule has 1 aromatic carbocycles. The zero-order valence-corrected chi connectivity index (χ0v) is 6.99. The van der Waals surface area contributed by atoms with Crippen LogP contribution in [0.15, 0.2) is 24.3 Å². The maximum absolute atomic E-state index is 5.60. The van der Waals surface area contributed by atoms with Gasteiger partial charge >= 0.3 is 0 Å². The minimum absolute atomic E-state index is 0.0971. The molecule has 0 N–H and O–H groups in total. The standard InChI is InChI=1S/C10H11O2/c1-2-8-7-11-9-5-3-4-6-10(9)12-8/h2-6,8H,7H2,1H3. The first-order valence-electron chi connectivity index (χ1n) is 4.08. The molecule has 1 atom stereocenters. The largest absolute Gasteiger partial charge is 0.486 e. The van der Waals surface area contributed by atoms with Gasteiger partial charge in [-0.1, -0.05) is 19.1 Å². The molecule has 1 radical (unpaired) electrons. The summed E-state index contributed by atoms with van der Waals surface area (Å²) in [4.78, 5) is 0. The van der Waals surface area contributed by atoms with Crippen molar-refractivity contribution in [1.82, 2.24) is 0 Å². The predicted octanol–water partition coefficient (Wildman–Crippen LogP) is 2.05. The van der Waals surface area contributed by atoms with Crippen LogP contribution in [0.25, 0.3) is 0 Å². The van der Waals surface area contributed by atoms with Gasteiger partial charge in [0.25, 0.3) is 0 Å². The van der Waals surface area contributed by atoms with Gasteiger partial charge < -0.3 is 9.47 Å². The van der Waals surface area contributed by atoms with E-state index >= 15 is 0 Å². The Balaban J connectivity index is 2.23. The SMILES string of the molecule is C[CH]C1COc2ccccc2O1.